The van der Waals surface area contributed by atoms with Crippen LogP contribution >= 0.6 is 0 Å². The fourth-order valence-electron chi connectivity index (χ4n) is 2.71. The second-order valence-corrected chi connectivity index (χ2v) is 7.90. The van der Waals surface area contributed by atoms with E-state index in [4.69, 9.17) is 9.47 Å². The van der Waals surface area contributed by atoms with Gasteiger partial charge in [0, 0.05) is 6.42 Å². The molecule has 0 spiro atoms. The van der Waals surface area contributed by atoms with Gasteiger partial charge in [-0.25, -0.2) is 0 Å². The Morgan fingerprint density at radius 3 is 2.15 bits per heavy atom. The molecule has 0 fully saturated rings. The SMILES string of the molecule is COc1ccc(OC[C@@H](C)NC(=O)CCc2ccc(C(C)(C)C)cc2)cc1. The van der Waals surface area contributed by atoms with Gasteiger partial charge in [-0.15, -0.1) is 0 Å². The van der Waals surface area contributed by atoms with E-state index < -0.39 is 0 Å². The quantitative estimate of drug-likeness (QED) is 0.745. The van der Waals surface area contributed by atoms with Gasteiger partial charge in [0.05, 0.1) is 13.2 Å². The summed E-state index contributed by atoms with van der Waals surface area (Å²) in [4.78, 5) is 12.2. The standard InChI is InChI=1S/C23H31NO3/c1-17(16-27-21-13-11-20(26-5)12-14-21)24-22(25)15-8-18-6-9-19(10-7-18)23(2,3)4/h6-7,9-14,17H,8,15-16H2,1-5H3,(H,24,25)/t17-/m1/s1. The van der Waals surface area contributed by atoms with E-state index in [-0.39, 0.29) is 17.4 Å². The number of amides is 1. The number of nitrogens with one attached hydrogen (secondary N) is 1. The van der Waals surface area contributed by atoms with E-state index in [0.29, 0.717) is 13.0 Å². The molecule has 4 heteroatoms. The van der Waals surface area contributed by atoms with Crippen molar-refractivity contribution in [2.75, 3.05) is 13.7 Å². The van der Waals surface area contributed by atoms with Crippen molar-refractivity contribution in [3.05, 3.63) is 59.7 Å². The molecular weight excluding hydrogens is 338 g/mol. The van der Waals surface area contributed by atoms with Gasteiger partial charge in [0.15, 0.2) is 0 Å². The van der Waals surface area contributed by atoms with Crippen molar-refractivity contribution in [1.29, 1.82) is 0 Å². The third-order valence-electron chi connectivity index (χ3n) is 4.43. The van der Waals surface area contributed by atoms with Crippen molar-refractivity contribution in [3.63, 3.8) is 0 Å². The van der Waals surface area contributed by atoms with Crippen LogP contribution in [0.2, 0.25) is 0 Å². The topological polar surface area (TPSA) is 47.6 Å². The molecule has 0 aromatic heterocycles. The molecule has 4 nitrogen and oxygen atoms in total. The Kier molecular flexibility index (Phi) is 7.28. The second-order valence-electron chi connectivity index (χ2n) is 7.90. The van der Waals surface area contributed by atoms with Gasteiger partial charge in [-0.2, -0.15) is 0 Å². The highest BCUT2D eigenvalue weighted by molar-refractivity contribution is 5.76. The van der Waals surface area contributed by atoms with Crippen LogP contribution in [0.5, 0.6) is 11.5 Å². The molecule has 27 heavy (non-hydrogen) atoms. The van der Waals surface area contributed by atoms with Crippen molar-refractivity contribution in [2.45, 2.75) is 52.0 Å². The summed E-state index contributed by atoms with van der Waals surface area (Å²) < 4.78 is 10.8. The predicted molar refractivity (Wildman–Crippen MR) is 110 cm³/mol. The lowest BCUT2D eigenvalue weighted by atomic mass is 9.86. The van der Waals surface area contributed by atoms with Crippen LogP contribution in [0.25, 0.3) is 0 Å². The first-order valence-corrected chi connectivity index (χ1v) is 9.43. The summed E-state index contributed by atoms with van der Waals surface area (Å²) >= 11 is 0. The Morgan fingerprint density at radius 1 is 1.00 bits per heavy atom. The summed E-state index contributed by atoms with van der Waals surface area (Å²) in [6, 6.07) is 15.9. The number of carbonyl (C=O) groups excluding carboxylic acids is 1. The van der Waals surface area contributed by atoms with Crippen LogP contribution in [-0.4, -0.2) is 25.7 Å². The molecule has 1 amide bonds. The summed E-state index contributed by atoms with van der Waals surface area (Å²) in [5, 5.41) is 2.99. The smallest absolute Gasteiger partial charge is 0.220 e. The molecule has 146 valence electrons. The van der Waals surface area contributed by atoms with Crippen molar-refractivity contribution < 1.29 is 14.3 Å². The molecule has 0 unspecified atom stereocenters. The number of rotatable bonds is 8. The third-order valence-corrected chi connectivity index (χ3v) is 4.43. The van der Waals surface area contributed by atoms with Crippen molar-refractivity contribution in [3.8, 4) is 11.5 Å². The van der Waals surface area contributed by atoms with Gasteiger partial charge in [0.25, 0.3) is 0 Å². The highest BCUT2D eigenvalue weighted by Crippen LogP contribution is 2.22. The molecule has 0 radical (unpaired) electrons. The molecule has 0 saturated carbocycles. The Bertz CT molecular complexity index is 715. The average Bonchev–Trinajstić information content (AvgIpc) is 2.65. The lowest BCUT2D eigenvalue weighted by Gasteiger charge is -2.19. The molecule has 1 atom stereocenters. The fraction of sp³-hybridized carbons (Fsp3) is 0.435. The first-order chi connectivity index (χ1) is 12.8. The van der Waals surface area contributed by atoms with Crippen LogP contribution < -0.4 is 14.8 Å². The lowest BCUT2D eigenvalue weighted by Crippen LogP contribution is -2.36. The molecule has 1 N–H and O–H groups in total. The van der Waals surface area contributed by atoms with Crippen molar-refractivity contribution >= 4 is 5.91 Å². The maximum Gasteiger partial charge on any atom is 0.220 e. The summed E-state index contributed by atoms with van der Waals surface area (Å²) in [6.45, 7) is 8.97. The van der Waals surface area contributed by atoms with Crippen LogP contribution in [-0.2, 0) is 16.6 Å². The fourth-order valence-corrected chi connectivity index (χ4v) is 2.71. The number of benzene rings is 2. The van der Waals surface area contributed by atoms with Crippen LogP contribution in [0.3, 0.4) is 0 Å². The van der Waals surface area contributed by atoms with Gasteiger partial charge < -0.3 is 14.8 Å². The van der Waals surface area contributed by atoms with Crippen molar-refractivity contribution in [1.82, 2.24) is 5.32 Å². The minimum atomic E-state index is -0.0529. The van der Waals surface area contributed by atoms with E-state index in [2.05, 4.69) is 50.4 Å². The maximum atomic E-state index is 12.2. The maximum absolute atomic E-state index is 12.2. The van der Waals surface area contributed by atoms with Gasteiger partial charge in [-0.1, -0.05) is 45.0 Å². The van der Waals surface area contributed by atoms with Gasteiger partial charge >= 0.3 is 0 Å². The van der Waals surface area contributed by atoms with E-state index in [1.54, 1.807) is 7.11 Å². The van der Waals surface area contributed by atoms with Gasteiger partial charge in [0.1, 0.15) is 18.1 Å². The zero-order valence-electron chi connectivity index (χ0n) is 17.0. The van der Waals surface area contributed by atoms with Gasteiger partial charge in [0.2, 0.25) is 5.91 Å². The minimum Gasteiger partial charge on any atom is -0.497 e. The number of methoxy groups -OCH3 is 1. The van der Waals surface area contributed by atoms with E-state index in [1.807, 2.05) is 31.2 Å². The van der Waals surface area contributed by atoms with E-state index in [0.717, 1.165) is 17.9 Å². The Hall–Kier alpha value is -2.49. The largest absolute Gasteiger partial charge is 0.497 e. The molecular formula is C23H31NO3. The summed E-state index contributed by atoms with van der Waals surface area (Å²) in [6.07, 6.45) is 1.21. The molecule has 2 rings (SSSR count). The highest BCUT2D eigenvalue weighted by Gasteiger charge is 2.13. The molecule has 0 aliphatic carbocycles. The summed E-state index contributed by atoms with van der Waals surface area (Å²) in [7, 11) is 1.63. The van der Waals surface area contributed by atoms with Gasteiger partial charge in [-0.3, -0.25) is 4.79 Å². The highest BCUT2D eigenvalue weighted by atomic mass is 16.5. The van der Waals surface area contributed by atoms with E-state index in [9.17, 15) is 4.79 Å². The van der Waals surface area contributed by atoms with Gasteiger partial charge in [-0.05, 0) is 54.2 Å². The van der Waals surface area contributed by atoms with E-state index in [1.165, 1.54) is 11.1 Å². The zero-order valence-corrected chi connectivity index (χ0v) is 17.0. The van der Waals surface area contributed by atoms with Crippen LogP contribution in [0, 0.1) is 0 Å². The Morgan fingerprint density at radius 2 is 1.59 bits per heavy atom. The number of aryl methyl sites for hydroxylation is 1. The Balaban J connectivity index is 1.72. The summed E-state index contributed by atoms with van der Waals surface area (Å²) in [5.74, 6) is 1.59. The average molecular weight is 370 g/mol. The molecule has 0 heterocycles. The Labute approximate surface area is 162 Å². The molecule has 0 saturated heterocycles. The number of ether oxygens (including phenoxy) is 2. The second kappa shape index (κ2) is 9.45. The molecule has 0 aliphatic rings. The van der Waals surface area contributed by atoms with E-state index >= 15 is 0 Å². The first kappa shape index (κ1) is 20.8. The molecule has 2 aromatic carbocycles. The number of hydrogen-bond acceptors (Lipinski definition) is 3. The van der Waals surface area contributed by atoms with Crippen LogP contribution in [0.1, 0.15) is 45.2 Å². The number of carbonyl (C=O) groups is 1. The molecule has 0 bridgehead atoms. The normalized spacial score (nSPS) is 12.3. The first-order valence-electron chi connectivity index (χ1n) is 9.43. The lowest BCUT2D eigenvalue weighted by molar-refractivity contribution is -0.121. The summed E-state index contributed by atoms with van der Waals surface area (Å²) in [5.41, 5.74) is 2.63. The predicted octanol–water partition coefficient (Wildman–Crippen LogP) is 4.51. The zero-order chi connectivity index (χ0) is 19.9. The third kappa shape index (κ3) is 6.97. The molecule has 0 aliphatic heterocycles. The molecule has 2 aromatic rings. The van der Waals surface area contributed by atoms with Crippen LogP contribution in [0.4, 0.5) is 0 Å². The monoisotopic (exact) mass is 369 g/mol. The van der Waals surface area contributed by atoms with Crippen LogP contribution in [0.15, 0.2) is 48.5 Å². The number of hydrogen-bond donors (Lipinski definition) is 1. The van der Waals surface area contributed by atoms with Crippen molar-refractivity contribution in [2.24, 2.45) is 0 Å². The minimum absolute atomic E-state index is 0.0423.